The van der Waals surface area contributed by atoms with E-state index in [1.807, 2.05) is 12.1 Å². The SMILES string of the molecule is Oc1ccc(-c2ccc3c(c2)CC3)cc1. The van der Waals surface area contributed by atoms with Crippen LogP contribution in [-0.4, -0.2) is 5.11 Å². The molecule has 1 nitrogen and oxygen atoms in total. The molecule has 0 fully saturated rings. The number of benzene rings is 2. The maximum absolute atomic E-state index is 9.21. The summed E-state index contributed by atoms with van der Waals surface area (Å²) in [5.74, 6) is 0.322. The van der Waals surface area contributed by atoms with Crippen molar-refractivity contribution in [3.63, 3.8) is 0 Å². The third-order valence-electron chi connectivity index (χ3n) is 3.07. The molecule has 1 aliphatic rings. The van der Waals surface area contributed by atoms with Crippen molar-refractivity contribution in [3.05, 3.63) is 53.6 Å². The van der Waals surface area contributed by atoms with E-state index >= 15 is 0 Å². The molecule has 2 aromatic rings. The number of aryl methyl sites for hydroxylation is 2. The molecule has 0 amide bonds. The zero-order valence-corrected chi connectivity index (χ0v) is 8.40. The van der Waals surface area contributed by atoms with Crippen LogP contribution in [0.4, 0.5) is 0 Å². The minimum absolute atomic E-state index is 0.322. The van der Waals surface area contributed by atoms with Gasteiger partial charge in [-0.2, -0.15) is 0 Å². The highest BCUT2D eigenvalue weighted by Crippen LogP contribution is 2.29. The standard InChI is InChI=1S/C14H12O/c15-14-7-5-11(6-8-14)13-4-2-10-1-3-12(10)9-13/h2,4-9,15H,1,3H2. The molecule has 2 aromatic carbocycles. The molecule has 0 aromatic heterocycles. The van der Waals surface area contributed by atoms with E-state index in [0.29, 0.717) is 5.75 Å². The summed E-state index contributed by atoms with van der Waals surface area (Å²) in [6.07, 6.45) is 2.44. The Morgan fingerprint density at radius 1 is 0.733 bits per heavy atom. The van der Waals surface area contributed by atoms with Crippen LogP contribution in [0.2, 0.25) is 0 Å². The summed E-state index contributed by atoms with van der Waals surface area (Å²) in [6, 6.07) is 14.0. The van der Waals surface area contributed by atoms with Crippen LogP contribution in [0.5, 0.6) is 5.75 Å². The number of rotatable bonds is 1. The van der Waals surface area contributed by atoms with Crippen LogP contribution in [-0.2, 0) is 12.8 Å². The van der Waals surface area contributed by atoms with E-state index in [9.17, 15) is 5.11 Å². The van der Waals surface area contributed by atoms with Crippen LogP contribution in [0.25, 0.3) is 11.1 Å². The van der Waals surface area contributed by atoms with Gasteiger partial charge in [-0.25, -0.2) is 0 Å². The molecular formula is C14H12O. The van der Waals surface area contributed by atoms with Crippen LogP contribution in [0, 0.1) is 0 Å². The molecule has 0 bridgehead atoms. The highest BCUT2D eigenvalue weighted by atomic mass is 16.3. The Morgan fingerprint density at radius 3 is 2.00 bits per heavy atom. The van der Waals surface area contributed by atoms with Crippen molar-refractivity contribution in [2.75, 3.05) is 0 Å². The quantitative estimate of drug-likeness (QED) is 0.742. The van der Waals surface area contributed by atoms with Crippen molar-refractivity contribution in [2.24, 2.45) is 0 Å². The van der Waals surface area contributed by atoms with Crippen LogP contribution >= 0.6 is 0 Å². The Hall–Kier alpha value is -1.76. The van der Waals surface area contributed by atoms with Crippen molar-refractivity contribution in [2.45, 2.75) is 12.8 Å². The Kier molecular flexibility index (Phi) is 1.78. The van der Waals surface area contributed by atoms with Gasteiger partial charge >= 0.3 is 0 Å². The average Bonchev–Trinajstić information content (AvgIpc) is 2.22. The molecule has 0 aliphatic heterocycles. The minimum atomic E-state index is 0.322. The molecule has 0 unspecified atom stereocenters. The maximum atomic E-state index is 9.21. The van der Waals surface area contributed by atoms with Gasteiger partial charge in [0.05, 0.1) is 0 Å². The molecule has 0 radical (unpaired) electrons. The monoisotopic (exact) mass is 196 g/mol. The van der Waals surface area contributed by atoms with Crippen molar-refractivity contribution >= 4 is 0 Å². The summed E-state index contributed by atoms with van der Waals surface area (Å²) < 4.78 is 0. The second-order valence-corrected chi connectivity index (χ2v) is 4.03. The van der Waals surface area contributed by atoms with Crippen LogP contribution in [0.3, 0.4) is 0 Å². The van der Waals surface area contributed by atoms with E-state index in [-0.39, 0.29) is 0 Å². The van der Waals surface area contributed by atoms with Crippen LogP contribution < -0.4 is 0 Å². The molecule has 3 rings (SSSR count). The van der Waals surface area contributed by atoms with E-state index in [0.717, 1.165) is 0 Å². The van der Waals surface area contributed by atoms with Crippen molar-refractivity contribution in [3.8, 4) is 16.9 Å². The molecule has 0 spiro atoms. The summed E-state index contributed by atoms with van der Waals surface area (Å²) in [6.45, 7) is 0. The molecule has 1 N–H and O–H groups in total. The van der Waals surface area contributed by atoms with Crippen molar-refractivity contribution < 1.29 is 5.11 Å². The zero-order chi connectivity index (χ0) is 10.3. The number of hydrogen-bond donors (Lipinski definition) is 1. The number of phenols is 1. The Bertz CT molecular complexity index is 497. The first-order valence-electron chi connectivity index (χ1n) is 5.24. The van der Waals surface area contributed by atoms with Crippen LogP contribution in [0.15, 0.2) is 42.5 Å². The van der Waals surface area contributed by atoms with Crippen molar-refractivity contribution in [1.29, 1.82) is 0 Å². The van der Waals surface area contributed by atoms with Gasteiger partial charge in [-0.05, 0) is 47.2 Å². The fourth-order valence-electron chi connectivity index (χ4n) is 2.03. The molecule has 0 saturated heterocycles. The smallest absolute Gasteiger partial charge is 0.115 e. The molecule has 1 aliphatic carbocycles. The lowest BCUT2D eigenvalue weighted by atomic mass is 9.86. The summed E-state index contributed by atoms with van der Waals surface area (Å²) in [7, 11) is 0. The third kappa shape index (κ3) is 1.40. The largest absolute Gasteiger partial charge is 0.508 e. The maximum Gasteiger partial charge on any atom is 0.115 e. The average molecular weight is 196 g/mol. The van der Waals surface area contributed by atoms with E-state index in [1.165, 1.54) is 35.1 Å². The lowest BCUT2D eigenvalue weighted by Crippen LogP contribution is -2.07. The predicted molar refractivity (Wildman–Crippen MR) is 61.0 cm³/mol. The van der Waals surface area contributed by atoms with Crippen molar-refractivity contribution in [1.82, 2.24) is 0 Å². The van der Waals surface area contributed by atoms with Gasteiger partial charge in [-0.1, -0.05) is 30.3 Å². The molecular weight excluding hydrogens is 184 g/mol. The lowest BCUT2D eigenvalue weighted by molar-refractivity contribution is 0.475. The second-order valence-electron chi connectivity index (χ2n) is 4.03. The fraction of sp³-hybridized carbons (Fsp3) is 0.143. The van der Waals surface area contributed by atoms with Gasteiger partial charge < -0.3 is 5.11 Å². The number of phenolic OH excluding ortho intramolecular Hbond substituents is 1. The number of fused-ring (bicyclic) bond motifs is 1. The van der Waals surface area contributed by atoms with Gasteiger partial charge in [0.2, 0.25) is 0 Å². The third-order valence-corrected chi connectivity index (χ3v) is 3.07. The normalized spacial score (nSPS) is 13.1. The van der Waals surface area contributed by atoms with Gasteiger partial charge in [-0.15, -0.1) is 0 Å². The minimum Gasteiger partial charge on any atom is -0.508 e. The molecule has 0 saturated carbocycles. The summed E-state index contributed by atoms with van der Waals surface area (Å²) in [4.78, 5) is 0. The van der Waals surface area contributed by atoms with E-state index in [2.05, 4.69) is 18.2 Å². The highest BCUT2D eigenvalue weighted by Gasteiger charge is 2.12. The zero-order valence-electron chi connectivity index (χ0n) is 8.40. The summed E-state index contributed by atoms with van der Waals surface area (Å²) in [5, 5.41) is 9.21. The highest BCUT2D eigenvalue weighted by molar-refractivity contribution is 5.66. The predicted octanol–water partition coefficient (Wildman–Crippen LogP) is 3.16. The lowest BCUT2D eigenvalue weighted by Gasteiger charge is -2.19. The van der Waals surface area contributed by atoms with Crippen LogP contribution in [0.1, 0.15) is 11.1 Å². The van der Waals surface area contributed by atoms with E-state index in [4.69, 9.17) is 0 Å². The summed E-state index contributed by atoms with van der Waals surface area (Å²) >= 11 is 0. The number of hydrogen-bond acceptors (Lipinski definition) is 1. The van der Waals surface area contributed by atoms with Gasteiger partial charge in [0, 0.05) is 0 Å². The molecule has 0 heterocycles. The Labute approximate surface area is 89.0 Å². The Balaban J connectivity index is 2.05. The molecule has 15 heavy (non-hydrogen) atoms. The Morgan fingerprint density at radius 2 is 1.40 bits per heavy atom. The van der Waals surface area contributed by atoms with Gasteiger partial charge in [-0.3, -0.25) is 0 Å². The first-order valence-corrected chi connectivity index (χ1v) is 5.24. The topological polar surface area (TPSA) is 20.2 Å². The molecule has 1 heteroatoms. The first kappa shape index (κ1) is 8.54. The fourth-order valence-corrected chi connectivity index (χ4v) is 2.03. The molecule has 74 valence electrons. The molecule has 0 atom stereocenters. The first-order chi connectivity index (χ1) is 7.33. The second kappa shape index (κ2) is 3.13. The van der Waals surface area contributed by atoms with E-state index in [1.54, 1.807) is 12.1 Å². The number of aromatic hydroxyl groups is 1. The van der Waals surface area contributed by atoms with Gasteiger partial charge in [0.15, 0.2) is 0 Å². The van der Waals surface area contributed by atoms with Gasteiger partial charge in [0.25, 0.3) is 0 Å². The van der Waals surface area contributed by atoms with E-state index < -0.39 is 0 Å². The summed E-state index contributed by atoms with van der Waals surface area (Å²) in [5.41, 5.74) is 5.37. The van der Waals surface area contributed by atoms with Gasteiger partial charge in [0.1, 0.15) is 5.75 Å².